The van der Waals surface area contributed by atoms with Crippen LogP contribution in [0.25, 0.3) is 0 Å². The Balaban J connectivity index is 1.83. The van der Waals surface area contributed by atoms with E-state index in [2.05, 4.69) is 15.2 Å². The number of nitrogens with zero attached hydrogens (tertiary/aromatic N) is 2. The smallest absolute Gasteiger partial charge is 0.146 e. The highest BCUT2D eigenvalue weighted by atomic mass is 35.5. The number of aromatic nitrogens is 1. The summed E-state index contributed by atoms with van der Waals surface area (Å²) in [5.74, 6) is -0.314. The lowest BCUT2D eigenvalue weighted by Crippen LogP contribution is -2.45. The summed E-state index contributed by atoms with van der Waals surface area (Å²) in [6.45, 7) is 3.19. The summed E-state index contributed by atoms with van der Waals surface area (Å²) in [5.41, 5.74) is 1.84. The molecular weight excluding hydrogens is 289 g/mol. The molecule has 1 fully saturated rings. The van der Waals surface area contributed by atoms with Crippen molar-refractivity contribution in [2.45, 2.75) is 12.6 Å². The maximum Gasteiger partial charge on any atom is 0.146 e. The first kappa shape index (κ1) is 14.4. The van der Waals surface area contributed by atoms with Crippen LogP contribution >= 0.6 is 11.6 Å². The van der Waals surface area contributed by atoms with E-state index in [1.54, 1.807) is 30.6 Å². The minimum atomic E-state index is -0.314. The number of hydrogen-bond acceptors (Lipinski definition) is 3. The molecule has 0 bridgehead atoms. The van der Waals surface area contributed by atoms with E-state index in [0.29, 0.717) is 12.1 Å². The molecule has 1 N–H and O–H groups in total. The Labute approximate surface area is 128 Å². The van der Waals surface area contributed by atoms with Crippen molar-refractivity contribution >= 4 is 11.6 Å². The Morgan fingerprint density at radius 2 is 2.10 bits per heavy atom. The maximum atomic E-state index is 14.1. The van der Waals surface area contributed by atoms with Crippen molar-refractivity contribution in [2.75, 3.05) is 19.6 Å². The van der Waals surface area contributed by atoms with Crippen LogP contribution < -0.4 is 5.32 Å². The van der Waals surface area contributed by atoms with E-state index in [-0.39, 0.29) is 16.9 Å². The molecule has 21 heavy (non-hydrogen) atoms. The zero-order chi connectivity index (χ0) is 14.7. The van der Waals surface area contributed by atoms with Gasteiger partial charge in [0.25, 0.3) is 0 Å². The van der Waals surface area contributed by atoms with Gasteiger partial charge in [-0.05, 0) is 23.8 Å². The second-order valence-electron chi connectivity index (χ2n) is 5.18. The largest absolute Gasteiger partial charge is 0.314 e. The van der Waals surface area contributed by atoms with Crippen molar-refractivity contribution in [1.29, 1.82) is 0 Å². The second kappa shape index (κ2) is 6.52. The van der Waals surface area contributed by atoms with E-state index in [1.165, 1.54) is 5.56 Å². The van der Waals surface area contributed by atoms with Gasteiger partial charge in [0.1, 0.15) is 5.82 Å². The van der Waals surface area contributed by atoms with Gasteiger partial charge in [-0.15, -0.1) is 0 Å². The van der Waals surface area contributed by atoms with Gasteiger partial charge in [0.05, 0.1) is 5.02 Å². The first-order chi connectivity index (χ1) is 10.3. The van der Waals surface area contributed by atoms with E-state index < -0.39 is 0 Å². The number of pyridine rings is 1. The molecule has 1 aromatic carbocycles. The summed E-state index contributed by atoms with van der Waals surface area (Å²) in [6.07, 6.45) is 3.59. The molecule has 1 aliphatic rings. The third kappa shape index (κ3) is 3.23. The minimum Gasteiger partial charge on any atom is -0.314 e. The number of nitrogens with one attached hydrogen (secondary N) is 1. The summed E-state index contributed by atoms with van der Waals surface area (Å²) in [4.78, 5) is 6.34. The number of hydrogen-bond donors (Lipinski definition) is 1. The van der Waals surface area contributed by atoms with E-state index in [1.807, 2.05) is 12.1 Å². The van der Waals surface area contributed by atoms with Gasteiger partial charge in [-0.2, -0.15) is 0 Å². The lowest BCUT2D eigenvalue weighted by atomic mass is 10.0. The Morgan fingerprint density at radius 3 is 2.90 bits per heavy atom. The van der Waals surface area contributed by atoms with Crippen molar-refractivity contribution in [3.63, 3.8) is 0 Å². The molecule has 0 spiro atoms. The Morgan fingerprint density at radius 1 is 1.29 bits per heavy atom. The van der Waals surface area contributed by atoms with Gasteiger partial charge < -0.3 is 5.32 Å². The van der Waals surface area contributed by atoms with Crippen LogP contribution in [-0.2, 0) is 6.54 Å². The quantitative estimate of drug-likeness (QED) is 0.945. The van der Waals surface area contributed by atoms with Crippen molar-refractivity contribution < 1.29 is 4.39 Å². The molecule has 0 amide bonds. The molecule has 1 unspecified atom stereocenters. The number of piperazine rings is 1. The zero-order valence-electron chi connectivity index (χ0n) is 11.6. The molecule has 1 saturated heterocycles. The Bertz CT molecular complexity index is 606. The highest BCUT2D eigenvalue weighted by molar-refractivity contribution is 6.30. The molecule has 110 valence electrons. The lowest BCUT2D eigenvalue weighted by molar-refractivity contribution is 0.152. The van der Waals surface area contributed by atoms with Gasteiger partial charge >= 0.3 is 0 Å². The standard InChI is InChI=1S/C16H17ClFN3/c17-14-3-1-2-13(16(14)18)11-21-9-8-20-10-15(21)12-4-6-19-7-5-12/h1-7,15,20H,8-11H2. The van der Waals surface area contributed by atoms with Crippen LogP contribution in [0.2, 0.25) is 5.02 Å². The molecule has 1 aliphatic heterocycles. The summed E-state index contributed by atoms with van der Waals surface area (Å²) in [5, 5.41) is 3.58. The molecule has 2 heterocycles. The Hall–Kier alpha value is -1.49. The average Bonchev–Trinajstić information content (AvgIpc) is 2.53. The molecule has 0 saturated carbocycles. The fourth-order valence-corrected chi connectivity index (χ4v) is 2.93. The van der Waals surface area contributed by atoms with Gasteiger partial charge in [0, 0.05) is 50.2 Å². The van der Waals surface area contributed by atoms with Crippen molar-refractivity contribution in [3.05, 3.63) is 64.7 Å². The van der Waals surface area contributed by atoms with Gasteiger partial charge in [0.15, 0.2) is 0 Å². The molecule has 0 aliphatic carbocycles. The topological polar surface area (TPSA) is 28.2 Å². The second-order valence-corrected chi connectivity index (χ2v) is 5.59. The van der Waals surface area contributed by atoms with Crippen LogP contribution in [0.5, 0.6) is 0 Å². The molecule has 3 rings (SSSR count). The van der Waals surface area contributed by atoms with Crippen molar-refractivity contribution in [1.82, 2.24) is 15.2 Å². The fraction of sp³-hybridized carbons (Fsp3) is 0.312. The van der Waals surface area contributed by atoms with Gasteiger partial charge in [-0.3, -0.25) is 9.88 Å². The summed E-state index contributed by atoms with van der Waals surface area (Å²) >= 11 is 5.87. The van der Waals surface area contributed by atoms with E-state index >= 15 is 0 Å². The monoisotopic (exact) mass is 305 g/mol. The van der Waals surface area contributed by atoms with Gasteiger partial charge in [-0.1, -0.05) is 23.7 Å². The van der Waals surface area contributed by atoms with Crippen molar-refractivity contribution in [2.24, 2.45) is 0 Å². The molecule has 1 aromatic heterocycles. The molecule has 1 atom stereocenters. The van der Waals surface area contributed by atoms with Gasteiger partial charge in [0.2, 0.25) is 0 Å². The summed E-state index contributed by atoms with van der Waals surface area (Å²) < 4.78 is 14.1. The lowest BCUT2D eigenvalue weighted by Gasteiger charge is -2.36. The van der Waals surface area contributed by atoms with Crippen molar-refractivity contribution in [3.8, 4) is 0 Å². The summed E-state index contributed by atoms with van der Waals surface area (Å²) in [6, 6.07) is 9.42. The predicted octanol–water partition coefficient (Wildman–Crippen LogP) is 3.02. The normalized spacial score (nSPS) is 19.6. The number of rotatable bonds is 3. The fourth-order valence-electron chi connectivity index (χ4n) is 2.74. The van der Waals surface area contributed by atoms with Crippen LogP contribution in [0.3, 0.4) is 0 Å². The molecule has 5 heteroatoms. The van der Waals surface area contributed by atoms with Gasteiger partial charge in [-0.25, -0.2) is 4.39 Å². The van der Waals surface area contributed by atoms with E-state index in [0.717, 1.165) is 19.6 Å². The van der Waals surface area contributed by atoms with Crippen LogP contribution in [0.15, 0.2) is 42.7 Å². The highest BCUT2D eigenvalue weighted by Crippen LogP contribution is 2.26. The number of benzene rings is 1. The summed E-state index contributed by atoms with van der Waals surface area (Å²) in [7, 11) is 0. The minimum absolute atomic E-state index is 0.183. The van der Waals surface area contributed by atoms with E-state index in [9.17, 15) is 4.39 Å². The molecule has 2 aromatic rings. The Kier molecular flexibility index (Phi) is 4.48. The number of halogens is 2. The van der Waals surface area contributed by atoms with E-state index in [4.69, 9.17) is 11.6 Å². The van der Waals surface area contributed by atoms with Crippen LogP contribution in [-0.4, -0.2) is 29.5 Å². The zero-order valence-corrected chi connectivity index (χ0v) is 12.4. The molecule has 3 nitrogen and oxygen atoms in total. The third-order valence-corrected chi connectivity index (χ3v) is 4.14. The highest BCUT2D eigenvalue weighted by Gasteiger charge is 2.24. The SMILES string of the molecule is Fc1c(Cl)cccc1CN1CCNCC1c1ccncc1. The van der Waals surface area contributed by atoms with Crippen LogP contribution in [0, 0.1) is 5.82 Å². The van der Waals surface area contributed by atoms with Crippen LogP contribution in [0.1, 0.15) is 17.2 Å². The predicted molar refractivity (Wildman–Crippen MR) is 81.7 cm³/mol. The average molecular weight is 306 g/mol. The first-order valence-corrected chi connectivity index (χ1v) is 7.41. The first-order valence-electron chi connectivity index (χ1n) is 7.03. The maximum absolute atomic E-state index is 14.1. The van der Waals surface area contributed by atoms with Crippen LogP contribution in [0.4, 0.5) is 4.39 Å². The molecule has 0 radical (unpaired) electrons. The molecular formula is C16H17ClFN3. The third-order valence-electron chi connectivity index (χ3n) is 3.85.